The summed E-state index contributed by atoms with van der Waals surface area (Å²) in [5.41, 5.74) is 0.979. The van der Waals surface area contributed by atoms with Gasteiger partial charge in [0.05, 0.1) is 25.3 Å². The van der Waals surface area contributed by atoms with Crippen LogP contribution in [0.25, 0.3) is 0 Å². The number of morpholine rings is 1. The molecule has 1 aliphatic rings. The molecule has 1 aromatic rings. The monoisotopic (exact) mass is 318 g/mol. The normalized spacial score (nSPS) is 16.4. The molecule has 1 fully saturated rings. The fourth-order valence-corrected chi connectivity index (χ4v) is 2.87. The molecule has 0 aliphatic carbocycles. The van der Waals surface area contributed by atoms with Crippen molar-refractivity contribution in [1.29, 1.82) is 0 Å². The second-order valence-corrected chi connectivity index (χ2v) is 5.55. The Balaban J connectivity index is 1.81. The molecule has 1 N–H and O–H groups in total. The minimum atomic E-state index is 0.546. The van der Waals surface area contributed by atoms with Gasteiger partial charge in [0.25, 0.3) is 0 Å². The van der Waals surface area contributed by atoms with E-state index in [2.05, 4.69) is 10.2 Å². The van der Waals surface area contributed by atoms with Crippen LogP contribution in [0.3, 0.4) is 0 Å². The maximum Gasteiger partial charge on any atom is 0.142 e. The molecule has 0 bridgehead atoms. The summed E-state index contributed by atoms with van der Waals surface area (Å²) in [6.07, 6.45) is 0. The van der Waals surface area contributed by atoms with Crippen LogP contribution in [0.5, 0.6) is 5.75 Å². The van der Waals surface area contributed by atoms with Gasteiger partial charge in [-0.25, -0.2) is 0 Å². The molecule has 0 unspecified atom stereocenters. The van der Waals surface area contributed by atoms with Crippen molar-refractivity contribution in [3.8, 4) is 5.75 Å². The average molecular weight is 319 g/mol. The van der Waals surface area contributed by atoms with Gasteiger partial charge in [-0.15, -0.1) is 0 Å². The van der Waals surface area contributed by atoms with E-state index >= 15 is 0 Å². The lowest BCUT2D eigenvalue weighted by Crippen LogP contribution is -2.40. The summed E-state index contributed by atoms with van der Waals surface area (Å²) in [4.78, 5) is 2.39. The van der Waals surface area contributed by atoms with E-state index in [1.807, 2.05) is 6.07 Å². The molecule has 1 saturated heterocycles. The van der Waals surface area contributed by atoms with Crippen molar-refractivity contribution in [3.63, 3.8) is 0 Å². The molecule has 1 heterocycles. The van der Waals surface area contributed by atoms with Crippen molar-refractivity contribution in [2.75, 3.05) is 46.5 Å². The van der Waals surface area contributed by atoms with Gasteiger partial charge in [0, 0.05) is 43.3 Å². The molecule has 0 saturated carbocycles. The lowest BCUT2D eigenvalue weighted by atomic mass is 10.2. The molecule has 0 radical (unpaired) electrons. The van der Waals surface area contributed by atoms with E-state index in [4.69, 9.17) is 32.7 Å². The fraction of sp³-hybridized carbons (Fsp3) is 0.571. The van der Waals surface area contributed by atoms with Crippen LogP contribution in [0.15, 0.2) is 12.1 Å². The van der Waals surface area contributed by atoms with Gasteiger partial charge < -0.3 is 14.8 Å². The predicted octanol–water partition coefficient (Wildman–Crippen LogP) is 2.42. The van der Waals surface area contributed by atoms with Gasteiger partial charge in [0.1, 0.15) is 5.75 Å². The van der Waals surface area contributed by atoms with Crippen molar-refractivity contribution < 1.29 is 9.47 Å². The number of ether oxygens (including phenoxy) is 2. The van der Waals surface area contributed by atoms with Crippen molar-refractivity contribution in [2.45, 2.75) is 6.54 Å². The Kier molecular flexibility index (Phi) is 6.39. The Labute approximate surface area is 129 Å². The molecular weight excluding hydrogens is 299 g/mol. The van der Waals surface area contributed by atoms with Crippen molar-refractivity contribution in [1.82, 2.24) is 10.2 Å². The van der Waals surface area contributed by atoms with Crippen LogP contribution in [0, 0.1) is 0 Å². The first-order valence-corrected chi connectivity index (χ1v) is 7.49. The van der Waals surface area contributed by atoms with Crippen LogP contribution < -0.4 is 10.1 Å². The molecule has 0 spiro atoms. The zero-order valence-electron chi connectivity index (χ0n) is 11.6. The minimum Gasteiger partial charge on any atom is -0.495 e. The lowest BCUT2D eigenvalue weighted by molar-refractivity contribution is 0.0384. The zero-order chi connectivity index (χ0) is 14.4. The van der Waals surface area contributed by atoms with E-state index in [1.54, 1.807) is 13.2 Å². The second-order valence-electron chi connectivity index (χ2n) is 4.71. The van der Waals surface area contributed by atoms with E-state index < -0.39 is 0 Å². The van der Waals surface area contributed by atoms with E-state index in [1.165, 1.54) is 0 Å². The highest BCUT2D eigenvalue weighted by Crippen LogP contribution is 2.31. The van der Waals surface area contributed by atoms with E-state index in [0.29, 0.717) is 22.3 Å². The Morgan fingerprint density at radius 3 is 2.75 bits per heavy atom. The van der Waals surface area contributed by atoms with Crippen molar-refractivity contribution >= 4 is 23.2 Å². The van der Waals surface area contributed by atoms with Gasteiger partial charge in [0.2, 0.25) is 0 Å². The molecule has 20 heavy (non-hydrogen) atoms. The highest BCUT2D eigenvalue weighted by Gasteiger charge is 2.11. The topological polar surface area (TPSA) is 33.7 Å². The van der Waals surface area contributed by atoms with Crippen LogP contribution in [-0.2, 0) is 11.3 Å². The molecule has 0 atom stereocenters. The first kappa shape index (κ1) is 15.9. The van der Waals surface area contributed by atoms with Crippen LogP contribution in [-0.4, -0.2) is 51.4 Å². The predicted molar refractivity (Wildman–Crippen MR) is 82.0 cm³/mol. The summed E-state index contributed by atoms with van der Waals surface area (Å²) in [5.74, 6) is 0.690. The number of methoxy groups -OCH3 is 1. The quantitative estimate of drug-likeness (QED) is 0.817. The van der Waals surface area contributed by atoms with Gasteiger partial charge in [0.15, 0.2) is 0 Å². The van der Waals surface area contributed by atoms with E-state index in [0.717, 1.165) is 45.0 Å². The Hall–Kier alpha value is -0.520. The highest BCUT2D eigenvalue weighted by molar-refractivity contribution is 6.35. The number of benzene rings is 1. The maximum atomic E-state index is 6.11. The minimum absolute atomic E-state index is 0.546. The summed E-state index contributed by atoms with van der Waals surface area (Å²) in [6.45, 7) is 6.29. The molecular formula is C14H20Cl2N2O2. The first-order valence-electron chi connectivity index (χ1n) is 6.73. The van der Waals surface area contributed by atoms with Crippen molar-refractivity contribution in [2.24, 2.45) is 0 Å². The Bertz CT molecular complexity index is 437. The molecule has 0 aromatic heterocycles. The SMILES string of the molecule is COc1c(Cl)cc(Cl)cc1CNCCN1CCOCC1. The molecule has 4 nitrogen and oxygen atoms in total. The third kappa shape index (κ3) is 4.50. The molecule has 1 aromatic carbocycles. The number of nitrogens with one attached hydrogen (secondary N) is 1. The molecule has 6 heteroatoms. The largest absolute Gasteiger partial charge is 0.495 e. The highest BCUT2D eigenvalue weighted by atomic mass is 35.5. The fourth-order valence-electron chi connectivity index (χ4n) is 2.26. The smallest absolute Gasteiger partial charge is 0.142 e. The second kappa shape index (κ2) is 8.05. The van der Waals surface area contributed by atoms with Crippen molar-refractivity contribution in [3.05, 3.63) is 27.7 Å². The first-order chi connectivity index (χ1) is 9.70. The summed E-state index contributed by atoms with van der Waals surface area (Å²) >= 11 is 12.1. The van der Waals surface area contributed by atoms with Gasteiger partial charge in [-0.1, -0.05) is 23.2 Å². The third-order valence-corrected chi connectivity index (χ3v) is 3.81. The number of rotatable bonds is 6. The number of hydrogen-bond donors (Lipinski definition) is 1. The number of hydrogen-bond acceptors (Lipinski definition) is 4. The summed E-state index contributed by atoms with van der Waals surface area (Å²) in [6, 6.07) is 3.58. The van der Waals surface area contributed by atoms with E-state index in [9.17, 15) is 0 Å². The lowest BCUT2D eigenvalue weighted by Gasteiger charge is -2.26. The van der Waals surface area contributed by atoms with Gasteiger partial charge >= 0.3 is 0 Å². The Morgan fingerprint density at radius 2 is 2.05 bits per heavy atom. The van der Waals surface area contributed by atoms with Gasteiger partial charge in [-0.05, 0) is 12.1 Å². The molecule has 2 rings (SSSR count). The van der Waals surface area contributed by atoms with Gasteiger partial charge in [-0.2, -0.15) is 0 Å². The summed E-state index contributed by atoms with van der Waals surface area (Å²) < 4.78 is 10.6. The van der Waals surface area contributed by atoms with Gasteiger partial charge in [-0.3, -0.25) is 4.90 Å². The van der Waals surface area contributed by atoms with E-state index in [-0.39, 0.29) is 0 Å². The number of halogens is 2. The zero-order valence-corrected chi connectivity index (χ0v) is 13.1. The summed E-state index contributed by atoms with van der Waals surface area (Å²) in [5, 5.41) is 4.57. The molecule has 1 aliphatic heterocycles. The molecule has 0 amide bonds. The van der Waals surface area contributed by atoms with Crippen LogP contribution >= 0.6 is 23.2 Å². The van der Waals surface area contributed by atoms with Crippen LogP contribution in [0.2, 0.25) is 10.0 Å². The van der Waals surface area contributed by atoms with Crippen LogP contribution in [0.1, 0.15) is 5.56 Å². The standard InChI is InChI=1S/C14H20Cl2N2O2/c1-19-14-11(8-12(15)9-13(14)16)10-17-2-3-18-4-6-20-7-5-18/h8-9,17H,2-7,10H2,1H3. The third-order valence-electron chi connectivity index (χ3n) is 3.31. The summed E-state index contributed by atoms with van der Waals surface area (Å²) in [7, 11) is 1.62. The average Bonchev–Trinajstić information content (AvgIpc) is 2.44. The number of nitrogens with zero attached hydrogens (tertiary/aromatic N) is 1. The maximum absolute atomic E-state index is 6.11. The van der Waals surface area contributed by atoms with Crippen LogP contribution in [0.4, 0.5) is 0 Å². The Morgan fingerprint density at radius 1 is 1.30 bits per heavy atom. The molecule has 112 valence electrons.